The van der Waals surface area contributed by atoms with Crippen LogP contribution >= 0.6 is 11.8 Å². The van der Waals surface area contributed by atoms with Crippen LogP contribution in [0.1, 0.15) is 66.7 Å². The lowest BCUT2D eigenvalue weighted by Crippen LogP contribution is -2.48. The second-order valence-electron chi connectivity index (χ2n) is 6.91. The average Bonchev–Trinajstić information content (AvgIpc) is 2.40. The molecular weight excluding hydrogens is 250 g/mol. The highest BCUT2D eigenvalue weighted by atomic mass is 32.2. The zero-order valence-corrected chi connectivity index (χ0v) is 14.8. The van der Waals surface area contributed by atoms with E-state index in [4.69, 9.17) is 0 Å². The zero-order valence-electron chi connectivity index (χ0n) is 14.0. The summed E-state index contributed by atoms with van der Waals surface area (Å²) >= 11 is 2.05. The molecule has 1 aliphatic carbocycles. The summed E-state index contributed by atoms with van der Waals surface area (Å²) in [5.74, 6) is 2.60. The van der Waals surface area contributed by atoms with Gasteiger partial charge in [-0.05, 0) is 49.7 Å². The van der Waals surface area contributed by atoms with Gasteiger partial charge >= 0.3 is 0 Å². The Morgan fingerprint density at radius 2 is 1.84 bits per heavy atom. The molecule has 0 spiro atoms. The molecule has 0 radical (unpaired) electrons. The van der Waals surface area contributed by atoms with Gasteiger partial charge in [0.25, 0.3) is 0 Å². The van der Waals surface area contributed by atoms with E-state index in [2.05, 4.69) is 58.0 Å². The molecule has 0 aromatic heterocycles. The molecule has 1 saturated carbocycles. The predicted octanol–water partition coefficient (Wildman–Crippen LogP) is 4.96. The van der Waals surface area contributed by atoms with E-state index in [1.807, 2.05) is 0 Å². The number of thioether (sulfide) groups is 1. The normalized spacial score (nSPS) is 28.9. The first-order valence-electron chi connectivity index (χ1n) is 8.26. The van der Waals surface area contributed by atoms with Crippen molar-refractivity contribution in [2.75, 3.05) is 12.8 Å². The SMILES string of the molecule is CCC(CC)(CNC1CC(C)CCC1C(C)C)SC. The summed E-state index contributed by atoms with van der Waals surface area (Å²) < 4.78 is 0.447. The first-order valence-corrected chi connectivity index (χ1v) is 9.49. The summed E-state index contributed by atoms with van der Waals surface area (Å²) in [5.41, 5.74) is 0. The molecule has 0 aromatic carbocycles. The van der Waals surface area contributed by atoms with Crippen LogP contribution < -0.4 is 5.32 Å². The van der Waals surface area contributed by atoms with Crippen molar-refractivity contribution in [2.24, 2.45) is 17.8 Å². The van der Waals surface area contributed by atoms with E-state index in [0.29, 0.717) is 4.75 Å². The van der Waals surface area contributed by atoms with Crippen molar-refractivity contribution in [3.05, 3.63) is 0 Å². The van der Waals surface area contributed by atoms with Crippen molar-refractivity contribution in [3.8, 4) is 0 Å². The highest BCUT2D eigenvalue weighted by molar-refractivity contribution is 8.00. The van der Waals surface area contributed by atoms with Gasteiger partial charge in [0, 0.05) is 17.3 Å². The van der Waals surface area contributed by atoms with Gasteiger partial charge in [0.05, 0.1) is 0 Å². The average molecular weight is 286 g/mol. The van der Waals surface area contributed by atoms with Gasteiger partial charge in [0.2, 0.25) is 0 Å². The molecule has 0 aromatic rings. The third-order valence-corrected chi connectivity index (χ3v) is 7.02. The maximum atomic E-state index is 3.96. The fourth-order valence-corrected chi connectivity index (χ4v) is 4.42. The largest absolute Gasteiger partial charge is 0.312 e. The lowest BCUT2D eigenvalue weighted by Gasteiger charge is -2.40. The molecule has 1 N–H and O–H groups in total. The molecule has 3 atom stereocenters. The minimum Gasteiger partial charge on any atom is -0.312 e. The summed E-state index contributed by atoms with van der Waals surface area (Å²) in [7, 11) is 0. The van der Waals surface area contributed by atoms with Crippen molar-refractivity contribution in [1.82, 2.24) is 5.32 Å². The van der Waals surface area contributed by atoms with E-state index in [1.165, 1.54) is 38.6 Å². The van der Waals surface area contributed by atoms with E-state index in [9.17, 15) is 0 Å². The second kappa shape index (κ2) is 7.93. The molecule has 1 nitrogen and oxygen atoms in total. The Morgan fingerprint density at radius 1 is 1.21 bits per heavy atom. The molecule has 1 aliphatic rings. The van der Waals surface area contributed by atoms with Crippen LogP contribution in [-0.4, -0.2) is 23.6 Å². The predicted molar refractivity (Wildman–Crippen MR) is 90.0 cm³/mol. The van der Waals surface area contributed by atoms with Gasteiger partial charge in [-0.25, -0.2) is 0 Å². The van der Waals surface area contributed by atoms with E-state index >= 15 is 0 Å². The lowest BCUT2D eigenvalue weighted by molar-refractivity contribution is 0.167. The lowest BCUT2D eigenvalue weighted by atomic mass is 9.74. The Hall–Kier alpha value is 0.310. The topological polar surface area (TPSA) is 12.0 Å². The van der Waals surface area contributed by atoms with E-state index in [-0.39, 0.29) is 0 Å². The third-order valence-electron chi connectivity index (χ3n) is 5.43. The summed E-state index contributed by atoms with van der Waals surface area (Å²) in [6.45, 7) is 13.1. The first kappa shape index (κ1) is 17.4. The van der Waals surface area contributed by atoms with Crippen LogP contribution in [0.4, 0.5) is 0 Å². The maximum absolute atomic E-state index is 3.96. The van der Waals surface area contributed by atoms with Crippen molar-refractivity contribution < 1.29 is 0 Å². The minimum atomic E-state index is 0.447. The molecule has 0 bridgehead atoms. The molecule has 0 heterocycles. The van der Waals surface area contributed by atoms with E-state index < -0.39 is 0 Å². The molecule has 114 valence electrons. The van der Waals surface area contributed by atoms with Crippen LogP contribution in [0.3, 0.4) is 0 Å². The van der Waals surface area contributed by atoms with Crippen molar-refractivity contribution in [1.29, 1.82) is 0 Å². The number of hydrogen-bond donors (Lipinski definition) is 1. The van der Waals surface area contributed by atoms with Crippen LogP contribution in [0.15, 0.2) is 0 Å². The summed E-state index contributed by atoms with van der Waals surface area (Å²) in [5, 5.41) is 3.96. The van der Waals surface area contributed by atoms with Gasteiger partial charge in [-0.15, -0.1) is 0 Å². The van der Waals surface area contributed by atoms with Gasteiger partial charge in [-0.3, -0.25) is 0 Å². The molecule has 3 unspecified atom stereocenters. The number of nitrogens with one attached hydrogen (secondary N) is 1. The Kier molecular flexibility index (Phi) is 7.24. The number of hydrogen-bond acceptors (Lipinski definition) is 2. The second-order valence-corrected chi connectivity index (χ2v) is 8.18. The van der Waals surface area contributed by atoms with Gasteiger partial charge in [-0.1, -0.05) is 41.0 Å². The van der Waals surface area contributed by atoms with Gasteiger partial charge < -0.3 is 5.32 Å². The van der Waals surface area contributed by atoms with Crippen LogP contribution in [0, 0.1) is 17.8 Å². The Bertz CT molecular complexity index is 239. The molecular formula is C17H35NS. The molecule has 1 rings (SSSR count). The van der Waals surface area contributed by atoms with Crippen molar-refractivity contribution >= 4 is 11.8 Å². The molecule has 2 heteroatoms. The Morgan fingerprint density at radius 3 is 2.32 bits per heavy atom. The molecule has 0 amide bonds. The maximum Gasteiger partial charge on any atom is 0.0276 e. The van der Waals surface area contributed by atoms with Crippen LogP contribution in [-0.2, 0) is 0 Å². The fourth-order valence-electron chi connectivity index (χ4n) is 3.61. The summed E-state index contributed by atoms with van der Waals surface area (Å²) in [6.07, 6.45) is 9.04. The smallest absolute Gasteiger partial charge is 0.0276 e. The quantitative estimate of drug-likeness (QED) is 0.709. The molecule has 19 heavy (non-hydrogen) atoms. The minimum absolute atomic E-state index is 0.447. The highest BCUT2D eigenvalue weighted by Crippen LogP contribution is 2.35. The molecule has 0 aliphatic heterocycles. The van der Waals surface area contributed by atoms with Crippen LogP contribution in [0.2, 0.25) is 0 Å². The van der Waals surface area contributed by atoms with Crippen LogP contribution in [0.25, 0.3) is 0 Å². The monoisotopic (exact) mass is 285 g/mol. The van der Waals surface area contributed by atoms with Gasteiger partial charge in [0.15, 0.2) is 0 Å². The first-order chi connectivity index (χ1) is 8.98. The highest BCUT2D eigenvalue weighted by Gasteiger charge is 2.33. The Balaban J connectivity index is 2.61. The van der Waals surface area contributed by atoms with E-state index in [0.717, 1.165) is 23.8 Å². The standard InChI is InChI=1S/C17H35NS/c1-7-17(8-2,19-6)12-18-16-11-14(5)9-10-15(16)13(3)4/h13-16,18H,7-12H2,1-6H3. The number of rotatable bonds is 7. The van der Waals surface area contributed by atoms with Gasteiger partial charge in [-0.2, -0.15) is 11.8 Å². The Labute approximate surface area is 125 Å². The molecule has 1 fully saturated rings. The van der Waals surface area contributed by atoms with Crippen LogP contribution in [0.5, 0.6) is 0 Å². The zero-order chi connectivity index (χ0) is 14.5. The summed E-state index contributed by atoms with van der Waals surface area (Å²) in [6, 6.07) is 0.744. The van der Waals surface area contributed by atoms with Crippen molar-refractivity contribution in [3.63, 3.8) is 0 Å². The van der Waals surface area contributed by atoms with Crippen molar-refractivity contribution in [2.45, 2.75) is 77.5 Å². The van der Waals surface area contributed by atoms with E-state index in [1.54, 1.807) is 0 Å². The van der Waals surface area contributed by atoms with Gasteiger partial charge in [0.1, 0.15) is 0 Å². The summed E-state index contributed by atoms with van der Waals surface area (Å²) in [4.78, 5) is 0. The molecule has 0 saturated heterocycles. The third kappa shape index (κ3) is 4.67. The fraction of sp³-hybridized carbons (Fsp3) is 1.00.